The fourth-order valence-electron chi connectivity index (χ4n) is 2.35. The van der Waals surface area contributed by atoms with Crippen LogP contribution in [0, 0.1) is 0 Å². The number of aliphatic carboxylic acids is 1. The van der Waals surface area contributed by atoms with E-state index in [9.17, 15) is 14.7 Å². The first-order chi connectivity index (χ1) is 9.42. The highest BCUT2D eigenvalue weighted by atomic mass is 16.4. The lowest BCUT2D eigenvalue weighted by molar-refractivity contribution is -0.144. The summed E-state index contributed by atoms with van der Waals surface area (Å²) in [5, 5.41) is 20.8. The Morgan fingerprint density at radius 1 is 1.25 bits per heavy atom. The second-order valence-electron chi connectivity index (χ2n) is 5.37. The minimum absolute atomic E-state index is 0.111. The summed E-state index contributed by atoms with van der Waals surface area (Å²) in [6, 6.07) is -0.327. The van der Waals surface area contributed by atoms with Crippen LogP contribution in [-0.2, 0) is 4.79 Å². The van der Waals surface area contributed by atoms with Gasteiger partial charge in [-0.05, 0) is 13.3 Å². The van der Waals surface area contributed by atoms with Crippen LogP contribution in [-0.4, -0.2) is 76.9 Å². The molecule has 0 aliphatic carbocycles. The fourth-order valence-corrected chi connectivity index (χ4v) is 2.35. The normalized spacial score (nSPS) is 19.4. The molecule has 1 saturated heterocycles. The molecule has 0 spiro atoms. The first kappa shape index (κ1) is 16.7. The molecule has 0 aromatic carbocycles. The van der Waals surface area contributed by atoms with Crippen LogP contribution in [0.25, 0.3) is 0 Å². The van der Waals surface area contributed by atoms with Gasteiger partial charge in [0, 0.05) is 32.7 Å². The molecule has 1 fully saturated rings. The van der Waals surface area contributed by atoms with E-state index in [2.05, 4.69) is 10.2 Å². The zero-order valence-electron chi connectivity index (χ0n) is 12.3. The predicted molar refractivity (Wildman–Crippen MR) is 74.6 cm³/mol. The van der Waals surface area contributed by atoms with E-state index >= 15 is 0 Å². The van der Waals surface area contributed by atoms with Gasteiger partial charge in [0.15, 0.2) is 0 Å². The van der Waals surface area contributed by atoms with Gasteiger partial charge in [0.05, 0.1) is 6.61 Å². The number of carbonyl (C=O) groups is 2. The van der Waals surface area contributed by atoms with Gasteiger partial charge in [-0.2, -0.15) is 0 Å². The van der Waals surface area contributed by atoms with Crippen molar-refractivity contribution in [2.75, 3.05) is 39.3 Å². The van der Waals surface area contributed by atoms with Crippen molar-refractivity contribution in [3.05, 3.63) is 0 Å². The van der Waals surface area contributed by atoms with Gasteiger partial charge in [-0.25, -0.2) is 9.59 Å². The SMILES string of the molecule is CCCC(C)(NC(=O)N1CCN(CCO)CC1)C(=O)O. The minimum atomic E-state index is -1.21. The van der Waals surface area contributed by atoms with Crippen LogP contribution >= 0.6 is 0 Å². The number of nitrogens with one attached hydrogen (secondary N) is 1. The first-order valence-electron chi connectivity index (χ1n) is 7.06. The molecule has 2 amide bonds. The highest BCUT2D eigenvalue weighted by Crippen LogP contribution is 2.14. The average molecular weight is 287 g/mol. The summed E-state index contributed by atoms with van der Waals surface area (Å²) in [6.07, 6.45) is 1.09. The van der Waals surface area contributed by atoms with Gasteiger partial charge >= 0.3 is 12.0 Å². The summed E-state index contributed by atoms with van der Waals surface area (Å²) in [4.78, 5) is 27.1. The third-order valence-electron chi connectivity index (χ3n) is 3.68. The fraction of sp³-hybridized carbons (Fsp3) is 0.846. The number of carboxylic acids is 1. The summed E-state index contributed by atoms with van der Waals surface area (Å²) in [5.74, 6) is -1.01. The number of β-amino-alcohol motifs (C(OH)–C–C–N with tert-alkyl or cyclic N) is 1. The van der Waals surface area contributed by atoms with Gasteiger partial charge in [0.2, 0.25) is 0 Å². The topological polar surface area (TPSA) is 93.1 Å². The molecule has 0 saturated carbocycles. The Bertz CT molecular complexity index is 343. The van der Waals surface area contributed by atoms with Crippen molar-refractivity contribution in [1.82, 2.24) is 15.1 Å². The van der Waals surface area contributed by atoms with E-state index in [4.69, 9.17) is 5.11 Å². The Balaban J connectivity index is 2.52. The molecule has 20 heavy (non-hydrogen) atoms. The second kappa shape index (κ2) is 7.44. The van der Waals surface area contributed by atoms with Crippen LogP contribution in [0.5, 0.6) is 0 Å². The minimum Gasteiger partial charge on any atom is -0.480 e. The Hall–Kier alpha value is -1.34. The van der Waals surface area contributed by atoms with Crippen molar-refractivity contribution < 1.29 is 19.8 Å². The highest BCUT2D eigenvalue weighted by molar-refractivity contribution is 5.85. The second-order valence-corrected chi connectivity index (χ2v) is 5.37. The molecule has 1 atom stereocenters. The smallest absolute Gasteiger partial charge is 0.329 e. The third kappa shape index (κ3) is 4.35. The van der Waals surface area contributed by atoms with Crippen LogP contribution < -0.4 is 5.32 Å². The molecule has 1 unspecified atom stereocenters. The van der Waals surface area contributed by atoms with Crippen molar-refractivity contribution in [2.24, 2.45) is 0 Å². The van der Waals surface area contributed by atoms with Crippen molar-refractivity contribution in [3.8, 4) is 0 Å². The molecule has 1 aliphatic heterocycles. The Labute approximate surface area is 119 Å². The molecule has 1 aliphatic rings. The maximum atomic E-state index is 12.1. The summed E-state index contributed by atoms with van der Waals surface area (Å²) in [6.45, 7) is 6.65. The molecule has 7 heteroatoms. The number of carbonyl (C=O) groups excluding carboxylic acids is 1. The van der Waals surface area contributed by atoms with Gasteiger partial charge < -0.3 is 20.4 Å². The number of nitrogens with zero attached hydrogens (tertiary/aromatic N) is 2. The highest BCUT2D eigenvalue weighted by Gasteiger charge is 2.35. The molecular formula is C13H25N3O4. The number of urea groups is 1. The predicted octanol–water partition coefficient (Wildman–Crippen LogP) is -0.0507. The molecule has 116 valence electrons. The van der Waals surface area contributed by atoms with E-state index < -0.39 is 11.5 Å². The summed E-state index contributed by atoms with van der Waals surface area (Å²) < 4.78 is 0. The molecular weight excluding hydrogens is 262 g/mol. The van der Waals surface area contributed by atoms with E-state index in [-0.39, 0.29) is 12.6 Å². The number of rotatable bonds is 6. The summed E-state index contributed by atoms with van der Waals surface area (Å²) >= 11 is 0. The van der Waals surface area contributed by atoms with Gasteiger partial charge in [0.25, 0.3) is 0 Å². The third-order valence-corrected chi connectivity index (χ3v) is 3.68. The number of aliphatic hydroxyl groups is 1. The quantitative estimate of drug-likeness (QED) is 0.637. The van der Waals surface area contributed by atoms with Gasteiger partial charge in [-0.15, -0.1) is 0 Å². The number of amides is 2. The molecule has 0 aromatic heterocycles. The van der Waals surface area contributed by atoms with Crippen molar-refractivity contribution in [3.63, 3.8) is 0 Å². The molecule has 0 aromatic rings. The molecule has 1 rings (SSSR count). The maximum Gasteiger partial charge on any atom is 0.329 e. The van der Waals surface area contributed by atoms with Crippen molar-refractivity contribution in [2.45, 2.75) is 32.2 Å². The standard InChI is InChI=1S/C13H25N3O4/c1-3-4-13(2,11(18)19)14-12(20)16-7-5-15(6-8-16)9-10-17/h17H,3-10H2,1-2H3,(H,14,20)(H,18,19). The molecule has 3 N–H and O–H groups in total. The van der Waals surface area contributed by atoms with Gasteiger partial charge in [0.1, 0.15) is 5.54 Å². The zero-order chi connectivity index (χ0) is 15.2. The number of hydrogen-bond donors (Lipinski definition) is 3. The van der Waals surface area contributed by atoms with Crippen molar-refractivity contribution >= 4 is 12.0 Å². The van der Waals surface area contributed by atoms with Crippen LogP contribution in [0.1, 0.15) is 26.7 Å². The Morgan fingerprint density at radius 2 is 1.85 bits per heavy atom. The summed E-state index contributed by atoms with van der Waals surface area (Å²) in [5.41, 5.74) is -1.21. The van der Waals surface area contributed by atoms with Crippen LogP contribution in [0.4, 0.5) is 4.79 Å². The van der Waals surface area contributed by atoms with Crippen LogP contribution in [0.15, 0.2) is 0 Å². The zero-order valence-corrected chi connectivity index (χ0v) is 12.3. The monoisotopic (exact) mass is 287 g/mol. The number of hydrogen-bond acceptors (Lipinski definition) is 4. The lowest BCUT2D eigenvalue weighted by atomic mass is 9.96. The van der Waals surface area contributed by atoms with E-state index in [0.717, 1.165) is 0 Å². The van der Waals surface area contributed by atoms with Gasteiger partial charge in [-0.3, -0.25) is 4.90 Å². The van der Waals surface area contributed by atoms with Crippen molar-refractivity contribution in [1.29, 1.82) is 0 Å². The maximum absolute atomic E-state index is 12.1. The molecule has 7 nitrogen and oxygen atoms in total. The number of carboxylic acid groups (broad SMARTS) is 1. The molecule has 0 radical (unpaired) electrons. The van der Waals surface area contributed by atoms with E-state index in [1.165, 1.54) is 0 Å². The summed E-state index contributed by atoms with van der Waals surface area (Å²) in [7, 11) is 0. The van der Waals surface area contributed by atoms with Crippen LogP contribution in [0.2, 0.25) is 0 Å². The molecule has 1 heterocycles. The number of aliphatic hydroxyl groups excluding tert-OH is 1. The van der Waals surface area contributed by atoms with Gasteiger partial charge in [-0.1, -0.05) is 13.3 Å². The van der Waals surface area contributed by atoms with E-state index in [1.54, 1.807) is 11.8 Å². The van der Waals surface area contributed by atoms with E-state index in [1.807, 2.05) is 6.92 Å². The average Bonchev–Trinajstić information content (AvgIpc) is 2.40. The number of piperazine rings is 1. The lowest BCUT2D eigenvalue weighted by Crippen LogP contribution is -2.59. The molecule has 0 bridgehead atoms. The largest absolute Gasteiger partial charge is 0.480 e. The Morgan fingerprint density at radius 3 is 2.30 bits per heavy atom. The van der Waals surface area contributed by atoms with E-state index in [0.29, 0.717) is 45.6 Å². The lowest BCUT2D eigenvalue weighted by Gasteiger charge is -2.36. The first-order valence-corrected chi connectivity index (χ1v) is 7.06. The Kier molecular flexibility index (Phi) is 6.22. The van der Waals surface area contributed by atoms with Crippen LogP contribution in [0.3, 0.4) is 0 Å².